The Kier molecular flexibility index (Phi) is 4.03. The molecular weight excluding hydrogens is 256 g/mol. The number of H-pyrrole nitrogens is 1. The largest absolute Gasteiger partial charge is 0.304 e. The lowest BCUT2D eigenvalue weighted by atomic mass is 10.0. The van der Waals surface area contributed by atoms with Crippen LogP contribution < -0.4 is 0 Å². The first kappa shape index (κ1) is 13.3. The van der Waals surface area contributed by atoms with E-state index in [-0.39, 0.29) is 0 Å². The third-order valence-corrected chi connectivity index (χ3v) is 4.81. The molecule has 1 saturated carbocycles. The predicted molar refractivity (Wildman–Crippen MR) is 78.9 cm³/mol. The Morgan fingerprint density at radius 3 is 2.84 bits per heavy atom. The summed E-state index contributed by atoms with van der Waals surface area (Å²) in [7, 11) is 0. The zero-order valence-electron chi connectivity index (χ0n) is 11.8. The molecule has 2 aliphatic rings. The molecule has 1 aromatic heterocycles. The number of nitrogens with one attached hydrogen (secondary N) is 1. The fraction of sp³-hybridized carbons (Fsp3) is 0.857. The Bertz CT molecular complexity index is 474. The number of rotatable bonds is 5. The molecule has 2 heterocycles. The second-order valence-corrected chi connectivity index (χ2v) is 6.43. The van der Waals surface area contributed by atoms with Crippen molar-refractivity contribution < 1.29 is 0 Å². The van der Waals surface area contributed by atoms with Crippen LogP contribution in [0.4, 0.5) is 0 Å². The lowest BCUT2D eigenvalue weighted by Crippen LogP contribution is -2.38. The SMILES string of the molecule is CC1CCCCN1CCCn1c(C2CC2)n[nH]c1=S. The average molecular weight is 280 g/mol. The minimum absolute atomic E-state index is 0.668. The van der Waals surface area contributed by atoms with Crippen molar-refractivity contribution >= 4 is 12.2 Å². The maximum absolute atomic E-state index is 5.34. The van der Waals surface area contributed by atoms with E-state index in [2.05, 4.69) is 26.6 Å². The number of hydrogen-bond donors (Lipinski definition) is 1. The highest BCUT2D eigenvalue weighted by Crippen LogP contribution is 2.38. The van der Waals surface area contributed by atoms with Gasteiger partial charge >= 0.3 is 0 Å². The Morgan fingerprint density at radius 2 is 2.11 bits per heavy atom. The predicted octanol–water partition coefficient (Wildman–Crippen LogP) is 3.08. The van der Waals surface area contributed by atoms with E-state index in [1.807, 2.05) is 0 Å². The first-order chi connectivity index (χ1) is 9.25. The molecule has 4 nitrogen and oxygen atoms in total. The molecule has 1 saturated heterocycles. The third-order valence-electron chi connectivity index (χ3n) is 4.50. The van der Waals surface area contributed by atoms with Crippen LogP contribution in [0.3, 0.4) is 0 Å². The van der Waals surface area contributed by atoms with Gasteiger partial charge < -0.3 is 9.47 Å². The number of aromatic nitrogens is 3. The fourth-order valence-electron chi connectivity index (χ4n) is 3.12. The van der Waals surface area contributed by atoms with Gasteiger partial charge in [0.1, 0.15) is 5.82 Å². The summed E-state index contributed by atoms with van der Waals surface area (Å²) in [6, 6.07) is 0.758. The number of likely N-dealkylation sites (tertiary alicyclic amines) is 1. The topological polar surface area (TPSA) is 36.9 Å². The molecular formula is C14H24N4S. The van der Waals surface area contributed by atoms with E-state index in [9.17, 15) is 0 Å². The minimum atomic E-state index is 0.668. The summed E-state index contributed by atoms with van der Waals surface area (Å²) < 4.78 is 3.02. The van der Waals surface area contributed by atoms with Crippen LogP contribution in [-0.2, 0) is 6.54 Å². The van der Waals surface area contributed by atoms with E-state index in [0.29, 0.717) is 5.92 Å². The first-order valence-electron chi connectivity index (χ1n) is 7.65. The normalized spacial score (nSPS) is 24.8. The quantitative estimate of drug-likeness (QED) is 0.842. The molecule has 0 radical (unpaired) electrons. The van der Waals surface area contributed by atoms with Gasteiger partial charge in [-0.1, -0.05) is 6.42 Å². The zero-order valence-corrected chi connectivity index (χ0v) is 12.6. The van der Waals surface area contributed by atoms with Gasteiger partial charge in [0.25, 0.3) is 0 Å². The van der Waals surface area contributed by atoms with Crippen LogP contribution in [0.15, 0.2) is 0 Å². The molecule has 1 N–H and O–H groups in total. The van der Waals surface area contributed by atoms with Gasteiger partial charge in [-0.05, 0) is 57.8 Å². The highest BCUT2D eigenvalue weighted by Gasteiger charge is 2.29. The van der Waals surface area contributed by atoms with Gasteiger partial charge in [0.2, 0.25) is 0 Å². The monoisotopic (exact) mass is 280 g/mol. The van der Waals surface area contributed by atoms with Gasteiger partial charge in [0.15, 0.2) is 4.77 Å². The van der Waals surface area contributed by atoms with Crippen LogP contribution >= 0.6 is 12.2 Å². The maximum Gasteiger partial charge on any atom is 0.195 e. The second kappa shape index (κ2) is 5.75. The van der Waals surface area contributed by atoms with Crippen LogP contribution in [0.1, 0.15) is 57.2 Å². The standard InChI is InChI=1S/C14H24N4S/c1-11-5-2-3-8-17(11)9-4-10-18-13(12-6-7-12)15-16-14(18)19/h11-12H,2-10H2,1H3,(H,16,19). The Balaban J connectivity index is 1.54. The lowest BCUT2D eigenvalue weighted by molar-refractivity contribution is 0.156. The van der Waals surface area contributed by atoms with E-state index >= 15 is 0 Å². The Labute approximate surface area is 120 Å². The molecule has 0 aromatic carbocycles. The first-order valence-corrected chi connectivity index (χ1v) is 8.05. The number of nitrogens with zero attached hydrogens (tertiary/aromatic N) is 3. The molecule has 1 atom stereocenters. The van der Waals surface area contributed by atoms with Gasteiger partial charge in [0.05, 0.1) is 0 Å². The number of piperidine rings is 1. The van der Waals surface area contributed by atoms with Crippen LogP contribution in [0.25, 0.3) is 0 Å². The molecule has 1 aliphatic heterocycles. The minimum Gasteiger partial charge on any atom is -0.304 e. The van der Waals surface area contributed by atoms with Crippen LogP contribution in [0, 0.1) is 4.77 Å². The Hall–Kier alpha value is -0.680. The zero-order chi connectivity index (χ0) is 13.2. The van der Waals surface area contributed by atoms with E-state index < -0.39 is 0 Å². The van der Waals surface area contributed by atoms with E-state index in [0.717, 1.165) is 17.4 Å². The van der Waals surface area contributed by atoms with Crippen molar-refractivity contribution in [3.63, 3.8) is 0 Å². The van der Waals surface area contributed by atoms with Crippen molar-refractivity contribution in [3.8, 4) is 0 Å². The summed E-state index contributed by atoms with van der Waals surface area (Å²) in [5, 5.41) is 7.35. The molecule has 5 heteroatoms. The second-order valence-electron chi connectivity index (χ2n) is 6.05. The van der Waals surface area contributed by atoms with Crippen molar-refractivity contribution in [1.82, 2.24) is 19.7 Å². The molecule has 0 bridgehead atoms. The van der Waals surface area contributed by atoms with Gasteiger partial charge in [-0.25, -0.2) is 0 Å². The highest BCUT2D eigenvalue weighted by molar-refractivity contribution is 7.71. The molecule has 0 amide bonds. The molecule has 19 heavy (non-hydrogen) atoms. The van der Waals surface area contributed by atoms with Crippen molar-refractivity contribution in [2.75, 3.05) is 13.1 Å². The van der Waals surface area contributed by atoms with Crippen LogP contribution in [-0.4, -0.2) is 38.8 Å². The van der Waals surface area contributed by atoms with E-state index in [1.165, 1.54) is 57.4 Å². The van der Waals surface area contributed by atoms with E-state index in [1.54, 1.807) is 0 Å². The molecule has 1 unspecified atom stereocenters. The Morgan fingerprint density at radius 1 is 1.26 bits per heavy atom. The van der Waals surface area contributed by atoms with Crippen molar-refractivity contribution in [2.24, 2.45) is 0 Å². The number of aromatic amines is 1. The van der Waals surface area contributed by atoms with E-state index in [4.69, 9.17) is 12.2 Å². The highest BCUT2D eigenvalue weighted by atomic mass is 32.1. The molecule has 1 aliphatic carbocycles. The third kappa shape index (κ3) is 3.08. The van der Waals surface area contributed by atoms with Crippen molar-refractivity contribution in [2.45, 2.75) is 64.0 Å². The van der Waals surface area contributed by atoms with Gasteiger partial charge in [-0.3, -0.25) is 5.10 Å². The lowest BCUT2D eigenvalue weighted by Gasteiger charge is -2.33. The van der Waals surface area contributed by atoms with Crippen molar-refractivity contribution in [1.29, 1.82) is 0 Å². The van der Waals surface area contributed by atoms with Gasteiger partial charge in [-0.2, -0.15) is 5.10 Å². The van der Waals surface area contributed by atoms with Crippen LogP contribution in [0.5, 0.6) is 0 Å². The fourth-order valence-corrected chi connectivity index (χ4v) is 3.35. The molecule has 106 valence electrons. The molecule has 3 rings (SSSR count). The summed E-state index contributed by atoms with van der Waals surface area (Å²) in [6.07, 6.45) is 7.86. The van der Waals surface area contributed by atoms with Crippen LogP contribution in [0.2, 0.25) is 0 Å². The maximum atomic E-state index is 5.34. The number of hydrogen-bond acceptors (Lipinski definition) is 3. The summed E-state index contributed by atoms with van der Waals surface area (Å²) in [6.45, 7) is 5.84. The molecule has 2 fully saturated rings. The van der Waals surface area contributed by atoms with Crippen molar-refractivity contribution in [3.05, 3.63) is 10.6 Å². The van der Waals surface area contributed by atoms with Gasteiger partial charge in [0, 0.05) is 25.0 Å². The average Bonchev–Trinajstić information content (AvgIpc) is 3.18. The summed E-state index contributed by atoms with van der Waals surface area (Å²) >= 11 is 5.34. The summed E-state index contributed by atoms with van der Waals surface area (Å²) in [5.41, 5.74) is 0. The molecule has 1 aromatic rings. The van der Waals surface area contributed by atoms with Gasteiger partial charge in [-0.15, -0.1) is 0 Å². The summed E-state index contributed by atoms with van der Waals surface area (Å²) in [4.78, 5) is 2.63. The molecule has 0 spiro atoms. The smallest absolute Gasteiger partial charge is 0.195 e. The summed E-state index contributed by atoms with van der Waals surface area (Å²) in [5.74, 6) is 1.86.